The highest BCUT2D eigenvalue weighted by Crippen LogP contribution is 2.10. The van der Waals surface area contributed by atoms with Crippen molar-refractivity contribution in [2.75, 3.05) is 13.2 Å². The van der Waals surface area contributed by atoms with Crippen LogP contribution in [0.25, 0.3) is 0 Å². The maximum absolute atomic E-state index is 9.73. The van der Waals surface area contributed by atoms with E-state index in [1.165, 1.54) is 0 Å². The van der Waals surface area contributed by atoms with Gasteiger partial charge in [0.25, 0.3) is 0 Å². The van der Waals surface area contributed by atoms with Crippen molar-refractivity contribution in [2.45, 2.75) is 39.0 Å². The number of aliphatic hydroxyl groups excluding tert-OH is 1. The summed E-state index contributed by atoms with van der Waals surface area (Å²) >= 11 is 5.79. The molecule has 4 heteroatoms. The number of aliphatic hydroxyl groups is 1. The summed E-state index contributed by atoms with van der Waals surface area (Å²) in [5.74, 6) is 0. The van der Waals surface area contributed by atoms with E-state index in [-0.39, 0.29) is 5.54 Å². The lowest BCUT2D eigenvalue weighted by atomic mass is 10.1. The summed E-state index contributed by atoms with van der Waals surface area (Å²) in [5.41, 5.74) is 1.06. The van der Waals surface area contributed by atoms with Gasteiger partial charge >= 0.3 is 0 Å². The SMILES string of the molecule is CC(C)(C)NC[C@H](O)COCc1ccc(Cl)cc1. The lowest BCUT2D eigenvalue weighted by molar-refractivity contribution is 0.0262. The fourth-order valence-electron chi connectivity index (χ4n) is 1.38. The van der Waals surface area contributed by atoms with Gasteiger partial charge in [0.15, 0.2) is 0 Å². The third-order valence-electron chi connectivity index (χ3n) is 2.36. The van der Waals surface area contributed by atoms with Crippen LogP contribution in [0.5, 0.6) is 0 Å². The smallest absolute Gasteiger partial charge is 0.0898 e. The van der Waals surface area contributed by atoms with Crippen LogP contribution in [0.1, 0.15) is 26.3 Å². The second kappa shape index (κ2) is 7.10. The number of halogens is 1. The van der Waals surface area contributed by atoms with Crippen LogP contribution in [0.3, 0.4) is 0 Å². The molecule has 1 aromatic rings. The summed E-state index contributed by atoms with van der Waals surface area (Å²) in [7, 11) is 0. The Morgan fingerprint density at radius 3 is 2.44 bits per heavy atom. The molecule has 0 saturated carbocycles. The third kappa shape index (κ3) is 6.97. The van der Waals surface area contributed by atoms with Crippen molar-refractivity contribution in [2.24, 2.45) is 0 Å². The molecule has 0 heterocycles. The Morgan fingerprint density at radius 2 is 1.89 bits per heavy atom. The first-order valence-electron chi connectivity index (χ1n) is 6.12. The highest BCUT2D eigenvalue weighted by atomic mass is 35.5. The second-order valence-electron chi connectivity index (χ2n) is 5.43. The topological polar surface area (TPSA) is 41.5 Å². The fourth-order valence-corrected chi connectivity index (χ4v) is 1.50. The maximum atomic E-state index is 9.73. The van der Waals surface area contributed by atoms with E-state index in [0.29, 0.717) is 24.8 Å². The van der Waals surface area contributed by atoms with Crippen LogP contribution in [0.4, 0.5) is 0 Å². The first-order chi connectivity index (χ1) is 8.37. The number of rotatable bonds is 6. The van der Waals surface area contributed by atoms with E-state index >= 15 is 0 Å². The largest absolute Gasteiger partial charge is 0.389 e. The van der Waals surface area contributed by atoms with Gasteiger partial charge < -0.3 is 15.2 Å². The van der Waals surface area contributed by atoms with Crippen molar-refractivity contribution < 1.29 is 9.84 Å². The quantitative estimate of drug-likeness (QED) is 0.836. The first kappa shape index (κ1) is 15.4. The molecule has 0 aliphatic rings. The van der Waals surface area contributed by atoms with Crippen LogP contribution in [-0.4, -0.2) is 29.9 Å². The number of hydrogen-bond acceptors (Lipinski definition) is 3. The highest BCUT2D eigenvalue weighted by molar-refractivity contribution is 6.30. The molecule has 1 atom stereocenters. The molecule has 0 amide bonds. The van der Waals surface area contributed by atoms with Gasteiger partial charge in [-0.15, -0.1) is 0 Å². The molecule has 0 radical (unpaired) electrons. The van der Waals surface area contributed by atoms with E-state index in [1.54, 1.807) is 0 Å². The van der Waals surface area contributed by atoms with Crippen LogP contribution >= 0.6 is 11.6 Å². The minimum Gasteiger partial charge on any atom is -0.389 e. The van der Waals surface area contributed by atoms with Crippen molar-refractivity contribution in [3.63, 3.8) is 0 Å². The van der Waals surface area contributed by atoms with Crippen molar-refractivity contribution in [3.8, 4) is 0 Å². The average Bonchev–Trinajstić information content (AvgIpc) is 2.28. The molecule has 18 heavy (non-hydrogen) atoms. The molecule has 1 aromatic carbocycles. The molecular formula is C14H22ClNO2. The number of benzene rings is 1. The van der Waals surface area contributed by atoms with E-state index < -0.39 is 6.10 Å². The monoisotopic (exact) mass is 271 g/mol. The molecule has 0 fully saturated rings. The fraction of sp³-hybridized carbons (Fsp3) is 0.571. The Kier molecular flexibility index (Phi) is 6.09. The molecule has 0 saturated heterocycles. The van der Waals surface area contributed by atoms with Crippen molar-refractivity contribution in [1.29, 1.82) is 0 Å². The Bertz CT molecular complexity index is 346. The Hall–Kier alpha value is -0.610. The molecule has 0 bridgehead atoms. The van der Waals surface area contributed by atoms with Gasteiger partial charge in [-0.2, -0.15) is 0 Å². The van der Waals surface area contributed by atoms with Gasteiger partial charge in [0.1, 0.15) is 0 Å². The molecular weight excluding hydrogens is 250 g/mol. The van der Waals surface area contributed by atoms with Crippen molar-refractivity contribution >= 4 is 11.6 Å². The Balaban J connectivity index is 2.19. The van der Waals surface area contributed by atoms with E-state index in [9.17, 15) is 5.11 Å². The summed E-state index contributed by atoms with van der Waals surface area (Å²) in [5, 5.41) is 13.7. The number of hydrogen-bond donors (Lipinski definition) is 2. The maximum Gasteiger partial charge on any atom is 0.0898 e. The molecule has 0 aromatic heterocycles. The van der Waals surface area contributed by atoms with Gasteiger partial charge in [-0.25, -0.2) is 0 Å². The van der Waals surface area contributed by atoms with Gasteiger partial charge in [0.05, 0.1) is 19.3 Å². The number of ether oxygens (including phenoxy) is 1. The predicted molar refractivity (Wildman–Crippen MR) is 74.9 cm³/mol. The summed E-state index contributed by atoms with van der Waals surface area (Å²) in [6.07, 6.45) is -0.489. The van der Waals surface area contributed by atoms with Crippen LogP contribution in [0.15, 0.2) is 24.3 Å². The lowest BCUT2D eigenvalue weighted by Crippen LogP contribution is -2.42. The van der Waals surface area contributed by atoms with E-state index in [1.807, 2.05) is 24.3 Å². The normalized spacial score (nSPS) is 13.6. The molecule has 0 unspecified atom stereocenters. The summed E-state index contributed by atoms with van der Waals surface area (Å²) in [4.78, 5) is 0. The number of nitrogens with one attached hydrogen (secondary N) is 1. The second-order valence-corrected chi connectivity index (χ2v) is 5.86. The van der Waals surface area contributed by atoms with Crippen LogP contribution in [0, 0.1) is 0 Å². The predicted octanol–water partition coefficient (Wildman–Crippen LogP) is 2.61. The summed E-state index contributed by atoms with van der Waals surface area (Å²) < 4.78 is 5.45. The standard InChI is InChI=1S/C14H22ClNO2/c1-14(2,3)16-8-13(17)10-18-9-11-4-6-12(15)7-5-11/h4-7,13,16-17H,8-10H2,1-3H3/t13-/m0/s1. The lowest BCUT2D eigenvalue weighted by Gasteiger charge is -2.22. The zero-order valence-corrected chi connectivity index (χ0v) is 12.0. The molecule has 2 N–H and O–H groups in total. The van der Waals surface area contributed by atoms with E-state index in [2.05, 4.69) is 26.1 Å². The molecule has 0 aliphatic heterocycles. The zero-order chi connectivity index (χ0) is 13.6. The van der Waals surface area contributed by atoms with Gasteiger partial charge in [0.2, 0.25) is 0 Å². The van der Waals surface area contributed by atoms with Crippen LogP contribution < -0.4 is 5.32 Å². The van der Waals surface area contributed by atoms with Gasteiger partial charge in [-0.05, 0) is 38.5 Å². The minimum absolute atomic E-state index is 0.0111. The molecule has 1 rings (SSSR count). The first-order valence-corrected chi connectivity index (χ1v) is 6.50. The van der Waals surface area contributed by atoms with Crippen LogP contribution in [-0.2, 0) is 11.3 Å². The van der Waals surface area contributed by atoms with Crippen molar-refractivity contribution in [1.82, 2.24) is 5.32 Å². The van der Waals surface area contributed by atoms with Crippen LogP contribution in [0.2, 0.25) is 5.02 Å². The van der Waals surface area contributed by atoms with E-state index in [4.69, 9.17) is 16.3 Å². The molecule has 0 aliphatic carbocycles. The van der Waals surface area contributed by atoms with E-state index in [0.717, 1.165) is 5.56 Å². The molecule has 3 nitrogen and oxygen atoms in total. The van der Waals surface area contributed by atoms with Gasteiger partial charge in [0, 0.05) is 17.1 Å². The Labute approximate surface area is 114 Å². The summed E-state index contributed by atoms with van der Waals surface area (Å²) in [6.45, 7) is 7.54. The highest BCUT2D eigenvalue weighted by Gasteiger charge is 2.12. The molecule has 102 valence electrons. The molecule has 0 spiro atoms. The van der Waals surface area contributed by atoms with Crippen molar-refractivity contribution in [3.05, 3.63) is 34.9 Å². The number of β-amino-alcohol motifs (C(OH)–C–C–N with tert-alkyl or cyclic N) is 1. The third-order valence-corrected chi connectivity index (χ3v) is 2.61. The van der Waals surface area contributed by atoms with Gasteiger partial charge in [-0.1, -0.05) is 23.7 Å². The minimum atomic E-state index is -0.489. The Morgan fingerprint density at radius 1 is 1.28 bits per heavy atom. The summed E-state index contributed by atoms with van der Waals surface area (Å²) in [6, 6.07) is 7.50. The zero-order valence-electron chi connectivity index (χ0n) is 11.2. The average molecular weight is 272 g/mol. The van der Waals surface area contributed by atoms with Gasteiger partial charge in [-0.3, -0.25) is 0 Å².